The number of alkyl halides is 3. The highest BCUT2D eigenvalue weighted by molar-refractivity contribution is 6.08. The van der Waals surface area contributed by atoms with Gasteiger partial charge in [-0.1, -0.05) is 12.1 Å². The molecule has 3 N–H and O–H groups in total. The Bertz CT molecular complexity index is 1920. The van der Waals surface area contributed by atoms with Crippen LogP contribution in [0.2, 0.25) is 0 Å². The number of carbonyl (C=O) groups is 3. The third-order valence-corrected chi connectivity index (χ3v) is 7.25. The predicted molar refractivity (Wildman–Crippen MR) is 166 cm³/mol. The number of fused-ring (bicyclic) bond motifs is 1. The maximum atomic E-state index is 15.0. The normalized spacial score (nSPS) is 12.8. The Morgan fingerprint density at radius 2 is 1.67 bits per heavy atom. The quantitative estimate of drug-likeness (QED) is 0.112. The van der Waals surface area contributed by atoms with Gasteiger partial charge < -0.3 is 25.6 Å². The summed E-state index contributed by atoms with van der Waals surface area (Å²) in [5, 5.41) is 7.87. The van der Waals surface area contributed by atoms with Gasteiger partial charge in [0, 0.05) is 35.5 Å². The van der Waals surface area contributed by atoms with Crippen molar-refractivity contribution in [2.45, 2.75) is 19.6 Å². The Hall–Kier alpha value is -5.71. The fourth-order valence-electron chi connectivity index (χ4n) is 4.90. The van der Waals surface area contributed by atoms with Crippen LogP contribution in [0.3, 0.4) is 0 Å². The van der Waals surface area contributed by atoms with Gasteiger partial charge in [-0.15, -0.1) is 0 Å². The molecule has 3 aromatic carbocycles. The molecule has 2 heterocycles. The smallest absolute Gasteiger partial charge is 0.419 e. The van der Waals surface area contributed by atoms with E-state index >= 15 is 8.78 Å². The second-order valence-corrected chi connectivity index (χ2v) is 11.0. The summed E-state index contributed by atoms with van der Waals surface area (Å²) in [5.41, 5.74) is -1.19. The Morgan fingerprint density at radius 3 is 2.31 bits per heavy atom. The number of hydrogen-bond donors (Lipinski definition) is 3. The Labute approximate surface area is 274 Å². The number of carbonyl (C=O) groups excluding carboxylic acids is 3. The van der Waals surface area contributed by atoms with E-state index in [-0.39, 0.29) is 52.9 Å². The van der Waals surface area contributed by atoms with Gasteiger partial charge in [0.1, 0.15) is 28.9 Å². The first-order valence-corrected chi connectivity index (χ1v) is 14.5. The highest BCUT2D eigenvalue weighted by Gasteiger charge is 2.42. The highest BCUT2D eigenvalue weighted by Crippen LogP contribution is 2.41. The largest absolute Gasteiger partial charge is 0.491 e. The van der Waals surface area contributed by atoms with Crippen molar-refractivity contribution in [2.75, 3.05) is 42.7 Å². The molecule has 5 rings (SSSR count). The number of nitrogens with one attached hydrogen (secondary N) is 3. The summed E-state index contributed by atoms with van der Waals surface area (Å²) in [6, 6.07) is 9.00. The van der Waals surface area contributed by atoms with E-state index < -0.39 is 58.5 Å². The molecule has 1 aliphatic heterocycles. The van der Waals surface area contributed by atoms with Crippen molar-refractivity contribution in [2.24, 2.45) is 0 Å². The maximum Gasteiger partial charge on any atom is 0.491 e. The van der Waals surface area contributed by atoms with Crippen LogP contribution < -0.4 is 25.6 Å². The number of esters is 1. The first kappa shape index (κ1) is 34.6. The van der Waals surface area contributed by atoms with Crippen molar-refractivity contribution in [1.29, 1.82) is 0 Å². The third-order valence-electron chi connectivity index (χ3n) is 7.25. The van der Waals surface area contributed by atoms with Crippen molar-refractivity contribution in [3.05, 3.63) is 88.7 Å². The van der Waals surface area contributed by atoms with E-state index in [0.29, 0.717) is 11.4 Å². The van der Waals surface area contributed by atoms with E-state index in [9.17, 15) is 31.9 Å². The number of anilines is 4. The average molecular weight is 688 g/mol. The molecule has 1 aliphatic rings. The molecule has 0 atom stereocenters. The van der Waals surface area contributed by atoms with E-state index in [1.54, 1.807) is 14.1 Å². The molecule has 11 nitrogen and oxygen atoms in total. The molecule has 3 amide bonds. The van der Waals surface area contributed by atoms with Crippen molar-refractivity contribution >= 4 is 41.0 Å². The molecule has 0 radical (unpaired) electrons. The number of hydrogen-bond acceptors (Lipinski definition) is 8. The number of rotatable bonds is 9. The number of nitrogens with zero attached hydrogens (tertiary/aromatic N) is 4. The molecule has 1 aromatic heterocycles. The number of aromatic nitrogens is 2. The van der Waals surface area contributed by atoms with Crippen LogP contribution in [-0.2, 0) is 11.3 Å². The third kappa shape index (κ3) is 7.40. The van der Waals surface area contributed by atoms with Gasteiger partial charge in [0.05, 0.1) is 17.8 Å². The molecule has 0 unspecified atom stereocenters. The molecule has 0 fully saturated rings. The van der Waals surface area contributed by atoms with Crippen molar-refractivity contribution in [3.8, 4) is 17.0 Å². The summed E-state index contributed by atoms with van der Waals surface area (Å²) in [5.74, 6) is -7.50. The summed E-state index contributed by atoms with van der Waals surface area (Å²) in [4.78, 5) is 49.9. The van der Waals surface area contributed by atoms with Gasteiger partial charge in [0.25, 0.3) is 5.91 Å². The zero-order chi connectivity index (χ0) is 35.6. The molecular formula is C32H27F6N7O4. The standard InChI is InChI=1S/C32H27F6N7O4/c1-16-19(11-12-20(26(16)49-29(47)32(36,37)38)28(46)41-18-9-7-17(33)8-10-18)24-21-15-40-31(48)45(25-22(34)5-4-6-23(25)35)27(21)43-30(42-24)39-13-14-44(2)3/h4-12H,13-15H2,1-3H3,(H,40,48)(H,41,46)(H,39,42,43). The fourth-order valence-corrected chi connectivity index (χ4v) is 4.90. The van der Waals surface area contributed by atoms with Crippen LogP contribution in [0.25, 0.3) is 11.3 Å². The van der Waals surface area contributed by atoms with Gasteiger partial charge in [-0.2, -0.15) is 18.2 Å². The van der Waals surface area contributed by atoms with Crippen LogP contribution in [0.15, 0.2) is 54.6 Å². The predicted octanol–water partition coefficient (Wildman–Crippen LogP) is 5.92. The number of ether oxygens (including phenoxy) is 1. The Kier molecular flexibility index (Phi) is 9.75. The summed E-state index contributed by atoms with van der Waals surface area (Å²) < 4.78 is 88.5. The van der Waals surface area contributed by atoms with Gasteiger partial charge in [0.2, 0.25) is 5.95 Å². The van der Waals surface area contributed by atoms with Crippen molar-refractivity contribution < 1.29 is 45.5 Å². The van der Waals surface area contributed by atoms with Gasteiger partial charge in [-0.3, -0.25) is 4.79 Å². The molecule has 4 aromatic rings. The van der Waals surface area contributed by atoms with E-state index in [4.69, 9.17) is 4.74 Å². The lowest BCUT2D eigenvalue weighted by atomic mass is 9.96. The molecule has 256 valence electrons. The fraction of sp³-hybridized carbons (Fsp3) is 0.219. The summed E-state index contributed by atoms with van der Waals surface area (Å²) >= 11 is 0. The number of urea groups is 1. The maximum absolute atomic E-state index is 15.0. The van der Waals surface area contributed by atoms with Crippen LogP contribution in [0.5, 0.6) is 5.75 Å². The SMILES string of the molecule is Cc1c(-c2nc(NCCN(C)C)nc3c2CNC(=O)N3c2c(F)cccc2F)ccc(C(=O)Nc2ccc(F)cc2)c1OC(=O)C(F)(F)F. The molecule has 0 aliphatic carbocycles. The molecule has 17 heteroatoms. The molecule has 0 spiro atoms. The first-order chi connectivity index (χ1) is 23.1. The first-order valence-electron chi connectivity index (χ1n) is 14.5. The van der Waals surface area contributed by atoms with Gasteiger partial charge in [-0.25, -0.2) is 32.6 Å². The summed E-state index contributed by atoms with van der Waals surface area (Å²) in [7, 11) is 3.60. The minimum atomic E-state index is -5.45. The van der Waals surface area contributed by atoms with Crippen LogP contribution in [0.4, 0.5) is 54.3 Å². The lowest BCUT2D eigenvalue weighted by Crippen LogP contribution is -2.43. The van der Waals surface area contributed by atoms with E-state index in [2.05, 4.69) is 25.9 Å². The van der Waals surface area contributed by atoms with Gasteiger partial charge in [-0.05, 0) is 63.5 Å². The van der Waals surface area contributed by atoms with Crippen molar-refractivity contribution in [1.82, 2.24) is 20.2 Å². The second kappa shape index (κ2) is 13.8. The lowest BCUT2D eigenvalue weighted by Gasteiger charge is -2.31. The zero-order valence-corrected chi connectivity index (χ0v) is 26.0. The average Bonchev–Trinajstić information content (AvgIpc) is 3.03. The number of amides is 3. The van der Waals surface area contributed by atoms with E-state index in [0.717, 1.165) is 36.4 Å². The highest BCUT2D eigenvalue weighted by atomic mass is 19.4. The summed E-state index contributed by atoms with van der Waals surface area (Å²) in [6.45, 7) is 1.74. The Balaban J connectivity index is 1.70. The topological polar surface area (TPSA) is 129 Å². The number of halogens is 6. The van der Waals surface area contributed by atoms with Crippen molar-refractivity contribution in [3.63, 3.8) is 0 Å². The van der Waals surface area contributed by atoms with Gasteiger partial charge in [0.15, 0.2) is 5.82 Å². The van der Waals surface area contributed by atoms with Gasteiger partial charge >= 0.3 is 18.2 Å². The van der Waals surface area contributed by atoms with Crippen LogP contribution >= 0.6 is 0 Å². The Morgan fingerprint density at radius 1 is 1.00 bits per heavy atom. The second-order valence-electron chi connectivity index (χ2n) is 11.0. The number of para-hydroxylation sites is 1. The minimum Gasteiger partial charge on any atom is -0.419 e. The molecule has 49 heavy (non-hydrogen) atoms. The molecular weight excluding hydrogens is 660 g/mol. The number of benzene rings is 3. The van der Waals surface area contributed by atoms with E-state index in [1.165, 1.54) is 25.1 Å². The lowest BCUT2D eigenvalue weighted by molar-refractivity contribution is -0.189. The number of likely N-dealkylation sites (N-methyl/N-ethyl adjacent to an activating group) is 1. The summed E-state index contributed by atoms with van der Waals surface area (Å²) in [6.07, 6.45) is -5.45. The van der Waals surface area contributed by atoms with E-state index in [1.807, 2.05) is 4.90 Å². The van der Waals surface area contributed by atoms with Crippen LogP contribution in [-0.4, -0.2) is 66.1 Å². The molecule has 0 saturated heterocycles. The van der Waals surface area contributed by atoms with Crippen LogP contribution in [0.1, 0.15) is 21.5 Å². The molecule has 0 saturated carbocycles. The molecule has 0 bridgehead atoms. The monoisotopic (exact) mass is 687 g/mol. The minimum absolute atomic E-state index is 0.0219. The van der Waals surface area contributed by atoms with Crippen LogP contribution in [0, 0.1) is 24.4 Å². The zero-order valence-electron chi connectivity index (χ0n) is 26.0.